The third-order valence-electron chi connectivity index (χ3n) is 4.94. The van der Waals surface area contributed by atoms with E-state index < -0.39 is 0 Å². The molecule has 3 aromatic rings. The third-order valence-corrected chi connectivity index (χ3v) is 5.61. The second-order valence-electron chi connectivity index (χ2n) is 7.11. The number of benzene rings is 2. The number of aryl methyl sites for hydroxylation is 1. The summed E-state index contributed by atoms with van der Waals surface area (Å²) in [5.41, 5.74) is 2.91. The van der Waals surface area contributed by atoms with Gasteiger partial charge in [-0.2, -0.15) is 0 Å². The third kappa shape index (κ3) is 4.93. The summed E-state index contributed by atoms with van der Waals surface area (Å²) in [6, 6.07) is 16.1. The maximum absolute atomic E-state index is 13.2. The Balaban J connectivity index is 1.93. The van der Waals surface area contributed by atoms with Crippen molar-refractivity contribution in [3.8, 4) is 0 Å². The summed E-state index contributed by atoms with van der Waals surface area (Å²) in [6.45, 7) is 6.59. The van der Waals surface area contributed by atoms with Crippen molar-refractivity contribution in [2.24, 2.45) is 0 Å². The van der Waals surface area contributed by atoms with Crippen LogP contribution in [0.5, 0.6) is 0 Å². The van der Waals surface area contributed by atoms with E-state index in [9.17, 15) is 4.79 Å². The van der Waals surface area contributed by atoms with Crippen LogP contribution in [0.3, 0.4) is 0 Å². The molecule has 0 bridgehead atoms. The zero-order valence-corrected chi connectivity index (χ0v) is 18.9. The molecule has 0 unspecified atom stereocenters. The Morgan fingerprint density at radius 2 is 1.86 bits per heavy atom. The van der Waals surface area contributed by atoms with Gasteiger partial charge in [0, 0.05) is 22.2 Å². The molecular formula is C23H28IN3O. The van der Waals surface area contributed by atoms with Gasteiger partial charge in [-0.25, -0.2) is 4.98 Å². The molecule has 1 amide bonds. The first kappa shape index (κ1) is 20.8. The summed E-state index contributed by atoms with van der Waals surface area (Å²) < 4.78 is 3.37. The van der Waals surface area contributed by atoms with E-state index in [0.29, 0.717) is 6.54 Å². The number of para-hydroxylation sites is 2. The number of unbranched alkanes of at least 4 members (excludes halogenated alkanes) is 2. The molecule has 1 aromatic heterocycles. The lowest BCUT2D eigenvalue weighted by atomic mass is 10.2. The van der Waals surface area contributed by atoms with E-state index in [0.717, 1.165) is 64.8 Å². The summed E-state index contributed by atoms with van der Waals surface area (Å²) in [5, 5.41) is 0. The second-order valence-corrected chi connectivity index (χ2v) is 8.36. The average Bonchev–Trinajstić information content (AvgIpc) is 3.06. The van der Waals surface area contributed by atoms with Gasteiger partial charge in [0.05, 0.1) is 17.6 Å². The van der Waals surface area contributed by atoms with Crippen molar-refractivity contribution in [1.82, 2.24) is 14.5 Å². The quantitative estimate of drug-likeness (QED) is 0.352. The van der Waals surface area contributed by atoms with Crippen LogP contribution in [0.1, 0.15) is 55.7 Å². The largest absolute Gasteiger partial charge is 0.331 e. The van der Waals surface area contributed by atoms with Crippen LogP contribution in [0.15, 0.2) is 48.5 Å². The highest BCUT2D eigenvalue weighted by molar-refractivity contribution is 14.1. The van der Waals surface area contributed by atoms with Crippen LogP contribution in [-0.4, -0.2) is 26.9 Å². The first-order valence-electron chi connectivity index (χ1n) is 10.1. The fraction of sp³-hybridized carbons (Fsp3) is 0.391. The first-order valence-corrected chi connectivity index (χ1v) is 11.2. The van der Waals surface area contributed by atoms with Crippen molar-refractivity contribution in [2.75, 3.05) is 6.54 Å². The molecule has 4 nitrogen and oxygen atoms in total. The molecule has 3 rings (SSSR count). The lowest BCUT2D eigenvalue weighted by Crippen LogP contribution is -2.32. The van der Waals surface area contributed by atoms with Gasteiger partial charge in [0.2, 0.25) is 0 Å². The van der Waals surface area contributed by atoms with Crippen LogP contribution in [-0.2, 0) is 13.1 Å². The van der Waals surface area contributed by atoms with Gasteiger partial charge in [0.25, 0.3) is 5.91 Å². The summed E-state index contributed by atoms with van der Waals surface area (Å²) in [7, 11) is 0. The maximum Gasteiger partial charge on any atom is 0.254 e. The van der Waals surface area contributed by atoms with Crippen molar-refractivity contribution < 1.29 is 4.79 Å². The molecule has 1 heterocycles. The fourth-order valence-electron chi connectivity index (χ4n) is 3.39. The monoisotopic (exact) mass is 489 g/mol. The van der Waals surface area contributed by atoms with E-state index in [4.69, 9.17) is 4.98 Å². The van der Waals surface area contributed by atoms with Gasteiger partial charge in [0.15, 0.2) is 0 Å². The number of carbonyl (C=O) groups excluding carboxylic acids is 1. The number of hydrogen-bond donors (Lipinski definition) is 0. The van der Waals surface area contributed by atoms with Crippen molar-refractivity contribution in [3.05, 3.63) is 63.5 Å². The van der Waals surface area contributed by atoms with Crippen LogP contribution < -0.4 is 0 Å². The number of nitrogens with zero attached hydrogens (tertiary/aromatic N) is 3. The molecule has 0 N–H and O–H groups in total. The van der Waals surface area contributed by atoms with E-state index in [2.05, 4.69) is 59.2 Å². The fourth-order valence-corrected chi connectivity index (χ4v) is 3.93. The zero-order chi connectivity index (χ0) is 19.9. The van der Waals surface area contributed by atoms with Crippen molar-refractivity contribution in [3.63, 3.8) is 0 Å². The molecule has 0 atom stereocenters. The summed E-state index contributed by atoms with van der Waals surface area (Å²) in [5.74, 6) is 1.06. The molecule has 0 radical (unpaired) electrons. The minimum absolute atomic E-state index is 0.0843. The first-order chi connectivity index (χ1) is 13.6. The molecule has 0 aliphatic rings. The topological polar surface area (TPSA) is 38.1 Å². The highest BCUT2D eigenvalue weighted by Gasteiger charge is 2.20. The van der Waals surface area contributed by atoms with Crippen LogP contribution >= 0.6 is 22.6 Å². The van der Waals surface area contributed by atoms with Crippen LogP contribution in [0, 0.1) is 3.57 Å². The summed E-state index contributed by atoms with van der Waals surface area (Å²) >= 11 is 2.26. The highest BCUT2D eigenvalue weighted by atomic mass is 127. The Morgan fingerprint density at radius 1 is 1.07 bits per heavy atom. The minimum atomic E-state index is 0.0843. The lowest BCUT2D eigenvalue weighted by Gasteiger charge is -2.23. The predicted octanol–water partition coefficient (Wildman–Crippen LogP) is 5.88. The molecule has 0 aliphatic heterocycles. The number of imidazole rings is 1. The molecule has 2 aromatic carbocycles. The molecule has 0 fully saturated rings. The molecule has 28 heavy (non-hydrogen) atoms. The van der Waals surface area contributed by atoms with Gasteiger partial charge in [-0.05, 0) is 65.8 Å². The van der Waals surface area contributed by atoms with E-state index >= 15 is 0 Å². The van der Waals surface area contributed by atoms with Crippen molar-refractivity contribution >= 4 is 39.5 Å². The molecule has 0 saturated carbocycles. The zero-order valence-electron chi connectivity index (χ0n) is 16.7. The molecular weight excluding hydrogens is 461 g/mol. The molecule has 0 aliphatic carbocycles. The van der Waals surface area contributed by atoms with Crippen LogP contribution in [0.4, 0.5) is 0 Å². The van der Waals surface area contributed by atoms with E-state index in [1.165, 1.54) is 0 Å². The smallest absolute Gasteiger partial charge is 0.254 e. The maximum atomic E-state index is 13.2. The van der Waals surface area contributed by atoms with Gasteiger partial charge >= 0.3 is 0 Å². The van der Waals surface area contributed by atoms with Gasteiger partial charge in [-0.1, -0.05) is 44.9 Å². The molecule has 5 heteroatoms. The van der Waals surface area contributed by atoms with Crippen LogP contribution in [0.25, 0.3) is 11.0 Å². The van der Waals surface area contributed by atoms with E-state index in [-0.39, 0.29) is 5.91 Å². The second kappa shape index (κ2) is 10.0. The Bertz CT molecular complexity index is 934. The van der Waals surface area contributed by atoms with Gasteiger partial charge in [-0.3, -0.25) is 4.79 Å². The number of fused-ring (bicyclic) bond motifs is 1. The number of rotatable bonds is 9. The Hall–Kier alpha value is -1.89. The van der Waals surface area contributed by atoms with Crippen molar-refractivity contribution in [1.29, 1.82) is 0 Å². The van der Waals surface area contributed by atoms with Crippen molar-refractivity contribution in [2.45, 2.75) is 52.6 Å². The number of aromatic nitrogens is 2. The average molecular weight is 489 g/mol. The van der Waals surface area contributed by atoms with E-state index in [1.54, 1.807) is 0 Å². The lowest BCUT2D eigenvalue weighted by molar-refractivity contribution is 0.0734. The molecule has 0 spiro atoms. The SMILES string of the molecule is CCCCN(Cc1nc2ccccc2n1CCCC)C(=O)c1cccc(I)c1. The molecule has 148 valence electrons. The Kier molecular flexibility index (Phi) is 7.48. The van der Waals surface area contributed by atoms with Gasteiger partial charge in [-0.15, -0.1) is 0 Å². The van der Waals surface area contributed by atoms with E-state index in [1.807, 2.05) is 35.2 Å². The predicted molar refractivity (Wildman–Crippen MR) is 123 cm³/mol. The number of halogens is 1. The van der Waals surface area contributed by atoms with Crippen LogP contribution in [0.2, 0.25) is 0 Å². The minimum Gasteiger partial charge on any atom is -0.331 e. The van der Waals surface area contributed by atoms with Gasteiger partial charge < -0.3 is 9.47 Å². The number of hydrogen-bond acceptors (Lipinski definition) is 2. The number of amides is 1. The normalized spacial score (nSPS) is 11.1. The Morgan fingerprint density at radius 3 is 2.61 bits per heavy atom. The summed E-state index contributed by atoms with van der Waals surface area (Å²) in [4.78, 5) is 20.1. The molecule has 0 saturated heterocycles. The summed E-state index contributed by atoms with van der Waals surface area (Å²) in [6.07, 6.45) is 4.28. The van der Waals surface area contributed by atoms with Gasteiger partial charge in [0.1, 0.15) is 5.82 Å². The highest BCUT2D eigenvalue weighted by Crippen LogP contribution is 2.20. The Labute approximate surface area is 181 Å². The number of carbonyl (C=O) groups is 1. The standard InChI is InChI=1S/C23H28IN3O/c1-3-5-14-26(23(28)18-10-9-11-19(24)16-18)17-22-25-20-12-7-8-13-21(20)27(22)15-6-4-2/h7-13,16H,3-6,14-15,17H2,1-2H3.